The fraction of sp³-hybridized carbons (Fsp3) is 0.200. The smallest absolute Gasteiger partial charge is 0.142 e. The van der Waals surface area contributed by atoms with E-state index >= 15 is 0 Å². The summed E-state index contributed by atoms with van der Waals surface area (Å²) in [6.45, 7) is 0.254. The topological polar surface area (TPSA) is 66.0 Å². The van der Waals surface area contributed by atoms with Crippen molar-refractivity contribution in [2.24, 2.45) is 7.05 Å². The van der Waals surface area contributed by atoms with Crippen molar-refractivity contribution < 1.29 is 9.13 Å². The van der Waals surface area contributed by atoms with Crippen molar-refractivity contribution >= 4 is 5.69 Å². The number of anilines is 1. The molecule has 2 rings (SSSR count). The van der Waals surface area contributed by atoms with Crippen molar-refractivity contribution in [3.8, 4) is 5.75 Å². The van der Waals surface area contributed by atoms with Crippen LogP contribution in [-0.2, 0) is 13.7 Å². The summed E-state index contributed by atoms with van der Waals surface area (Å²) in [7, 11) is 1.77. The number of ether oxygens (including phenoxy) is 1. The van der Waals surface area contributed by atoms with E-state index in [-0.39, 0.29) is 18.1 Å². The first-order valence-corrected chi connectivity index (χ1v) is 4.68. The summed E-state index contributed by atoms with van der Waals surface area (Å²) in [5.41, 5.74) is 6.54. The third-order valence-corrected chi connectivity index (χ3v) is 2.00. The summed E-state index contributed by atoms with van der Waals surface area (Å²) in [6, 6.07) is 4.00. The van der Waals surface area contributed by atoms with E-state index in [2.05, 4.69) is 10.3 Å². The van der Waals surface area contributed by atoms with E-state index in [9.17, 15) is 4.39 Å². The molecule has 0 fully saturated rings. The van der Waals surface area contributed by atoms with Crippen LogP contribution in [0.1, 0.15) is 5.69 Å². The molecule has 1 heterocycles. The summed E-state index contributed by atoms with van der Waals surface area (Å²) in [5, 5.41) is 7.61. The monoisotopic (exact) mass is 222 g/mol. The Morgan fingerprint density at radius 1 is 1.50 bits per heavy atom. The molecule has 0 unspecified atom stereocenters. The molecule has 2 N–H and O–H groups in total. The summed E-state index contributed by atoms with van der Waals surface area (Å²) in [4.78, 5) is 0. The number of halogens is 1. The number of rotatable bonds is 3. The van der Waals surface area contributed by atoms with Gasteiger partial charge in [0.05, 0.1) is 11.9 Å². The molecule has 0 aliphatic heterocycles. The Hall–Kier alpha value is -2.11. The third kappa shape index (κ3) is 2.28. The number of aryl methyl sites for hydroxylation is 1. The molecule has 0 aliphatic rings. The fourth-order valence-corrected chi connectivity index (χ4v) is 1.26. The Balaban J connectivity index is 2.04. The average molecular weight is 222 g/mol. The van der Waals surface area contributed by atoms with E-state index in [4.69, 9.17) is 10.5 Å². The van der Waals surface area contributed by atoms with Crippen LogP contribution in [-0.4, -0.2) is 15.0 Å². The van der Waals surface area contributed by atoms with Crippen LogP contribution in [0.5, 0.6) is 5.75 Å². The molecule has 1 aromatic carbocycles. The van der Waals surface area contributed by atoms with Crippen LogP contribution in [0.4, 0.5) is 10.1 Å². The zero-order valence-electron chi connectivity index (χ0n) is 8.72. The minimum atomic E-state index is -0.385. The number of aromatic nitrogens is 3. The van der Waals surface area contributed by atoms with Crippen LogP contribution in [0.15, 0.2) is 24.4 Å². The summed E-state index contributed by atoms with van der Waals surface area (Å²) < 4.78 is 19.7. The van der Waals surface area contributed by atoms with Gasteiger partial charge in [-0.3, -0.25) is 4.68 Å². The number of hydrogen-bond acceptors (Lipinski definition) is 4. The van der Waals surface area contributed by atoms with Gasteiger partial charge in [-0.2, -0.15) is 0 Å². The summed E-state index contributed by atoms with van der Waals surface area (Å²) in [5.74, 6) is 0.0522. The standard InChI is InChI=1S/C10H11FN4O/c1-15-5-8(13-14-15)6-16-10-3-2-7(11)4-9(10)12/h2-5H,6,12H2,1H3. The van der Waals surface area contributed by atoms with Crippen LogP contribution >= 0.6 is 0 Å². The molecular formula is C10H11FN4O. The minimum absolute atomic E-state index is 0.254. The number of nitrogens with zero attached hydrogens (tertiary/aromatic N) is 3. The highest BCUT2D eigenvalue weighted by atomic mass is 19.1. The normalized spacial score (nSPS) is 10.4. The predicted octanol–water partition coefficient (Wildman–Crippen LogP) is 1.12. The second kappa shape index (κ2) is 4.18. The molecule has 5 nitrogen and oxygen atoms in total. The van der Waals surface area contributed by atoms with Crippen LogP contribution in [0.2, 0.25) is 0 Å². The van der Waals surface area contributed by atoms with Crippen molar-refractivity contribution in [2.75, 3.05) is 5.73 Å². The molecule has 0 spiro atoms. The van der Waals surface area contributed by atoms with Crippen molar-refractivity contribution in [3.05, 3.63) is 35.9 Å². The van der Waals surface area contributed by atoms with Gasteiger partial charge in [0.2, 0.25) is 0 Å². The Labute approximate surface area is 91.6 Å². The van der Waals surface area contributed by atoms with Crippen molar-refractivity contribution in [1.82, 2.24) is 15.0 Å². The highest BCUT2D eigenvalue weighted by Crippen LogP contribution is 2.22. The molecule has 84 valence electrons. The van der Waals surface area contributed by atoms with E-state index in [1.807, 2.05) is 0 Å². The quantitative estimate of drug-likeness (QED) is 0.790. The van der Waals surface area contributed by atoms with Crippen molar-refractivity contribution in [1.29, 1.82) is 0 Å². The lowest BCUT2D eigenvalue weighted by molar-refractivity contribution is 0.302. The summed E-state index contributed by atoms with van der Waals surface area (Å²) >= 11 is 0. The Kier molecular flexibility index (Phi) is 2.72. The maximum atomic E-state index is 12.8. The second-order valence-corrected chi connectivity index (χ2v) is 3.35. The van der Waals surface area contributed by atoms with Gasteiger partial charge in [-0.1, -0.05) is 5.21 Å². The van der Waals surface area contributed by atoms with E-state index in [1.54, 1.807) is 17.9 Å². The van der Waals surface area contributed by atoms with Gasteiger partial charge in [0.25, 0.3) is 0 Å². The van der Waals surface area contributed by atoms with Gasteiger partial charge >= 0.3 is 0 Å². The zero-order chi connectivity index (χ0) is 11.5. The van der Waals surface area contributed by atoms with Crippen molar-refractivity contribution in [2.45, 2.75) is 6.61 Å². The van der Waals surface area contributed by atoms with Crippen LogP contribution in [0.3, 0.4) is 0 Å². The lowest BCUT2D eigenvalue weighted by Crippen LogP contribution is -1.99. The van der Waals surface area contributed by atoms with Gasteiger partial charge in [-0.25, -0.2) is 4.39 Å². The van der Waals surface area contributed by atoms with Crippen molar-refractivity contribution in [3.63, 3.8) is 0 Å². The SMILES string of the molecule is Cn1cc(COc2ccc(F)cc2N)nn1. The maximum absolute atomic E-state index is 12.8. The lowest BCUT2D eigenvalue weighted by Gasteiger charge is -2.06. The molecule has 0 amide bonds. The molecule has 6 heteroatoms. The van der Waals surface area contributed by atoms with Gasteiger partial charge < -0.3 is 10.5 Å². The third-order valence-electron chi connectivity index (χ3n) is 2.00. The Morgan fingerprint density at radius 3 is 2.94 bits per heavy atom. The van der Waals surface area contributed by atoms with Gasteiger partial charge in [0.15, 0.2) is 0 Å². The first-order valence-electron chi connectivity index (χ1n) is 4.68. The highest BCUT2D eigenvalue weighted by Gasteiger charge is 2.04. The Morgan fingerprint density at radius 2 is 2.31 bits per heavy atom. The molecule has 0 atom stereocenters. The average Bonchev–Trinajstić information content (AvgIpc) is 2.63. The predicted molar refractivity (Wildman–Crippen MR) is 56.1 cm³/mol. The van der Waals surface area contributed by atoms with E-state index in [1.165, 1.54) is 18.2 Å². The lowest BCUT2D eigenvalue weighted by atomic mass is 10.3. The molecular weight excluding hydrogens is 211 g/mol. The summed E-state index contributed by atoms with van der Waals surface area (Å²) in [6.07, 6.45) is 1.74. The van der Waals surface area contributed by atoms with E-state index in [0.717, 1.165) is 0 Å². The molecule has 0 saturated carbocycles. The largest absolute Gasteiger partial charge is 0.485 e. The molecule has 16 heavy (non-hydrogen) atoms. The number of nitrogens with two attached hydrogens (primary N) is 1. The molecule has 0 radical (unpaired) electrons. The number of nitrogen functional groups attached to an aromatic ring is 1. The Bertz CT molecular complexity index is 497. The van der Waals surface area contributed by atoms with Crippen LogP contribution in [0, 0.1) is 5.82 Å². The van der Waals surface area contributed by atoms with Gasteiger partial charge in [0, 0.05) is 13.1 Å². The van der Waals surface area contributed by atoms with Gasteiger partial charge in [-0.05, 0) is 12.1 Å². The van der Waals surface area contributed by atoms with Gasteiger partial charge in [0.1, 0.15) is 23.9 Å². The fourth-order valence-electron chi connectivity index (χ4n) is 1.26. The van der Waals surface area contributed by atoms with Gasteiger partial charge in [-0.15, -0.1) is 5.10 Å². The highest BCUT2D eigenvalue weighted by molar-refractivity contribution is 5.52. The first kappa shape index (κ1) is 10.4. The van der Waals surface area contributed by atoms with E-state index < -0.39 is 0 Å². The second-order valence-electron chi connectivity index (χ2n) is 3.35. The number of hydrogen-bond donors (Lipinski definition) is 1. The molecule has 0 saturated heterocycles. The first-order chi connectivity index (χ1) is 7.65. The maximum Gasteiger partial charge on any atom is 0.142 e. The molecule has 0 aliphatic carbocycles. The van der Waals surface area contributed by atoms with Crippen LogP contribution in [0.25, 0.3) is 0 Å². The molecule has 1 aromatic heterocycles. The van der Waals surface area contributed by atoms with E-state index in [0.29, 0.717) is 11.4 Å². The zero-order valence-corrected chi connectivity index (χ0v) is 8.72. The molecule has 0 bridgehead atoms. The minimum Gasteiger partial charge on any atom is -0.485 e. The molecule has 2 aromatic rings. The number of benzene rings is 1. The van der Waals surface area contributed by atoms with Crippen LogP contribution < -0.4 is 10.5 Å².